The van der Waals surface area contributed by atoms with Crippen molar-refractivity contribution < 1.29 is 27.5 Å². The molecule has 9 nitrogen and oxygen atoms in total. The van der Waals surface area contributed by atoms with Crippen LogP contribution in [-0.2, 0) is 26.0 Å². The van der Waals surface area contributed by atoms with E-state index in [1.54, 1.807) is 36.4 Å². The molecule has 1 saturated heterocycles. The van der Waals surface area contributed by atoms with Crippen LogP contribution in [0.25, 0.3) is 0 Å². The van der Waals surface area contributed by atoms with Crippen molar-refractivity contribution in [1.29, 1.82) is 0 Å². The Balaban J connectivity index is 1.19. The van der Waals surface area contributed by atoms with Crippen molar-refractivity contribution in [3.05, 3.63) is 84.4 Å². The Morgan fingerprint density at radius 1 is 0.951 bits per heavy atom. The summed E-state index contributed by atoms with van der Waals surface area (Å²) >= 11 is 0. The van der Waals surface area contributed by atoms with Gasteiger partial charge in [0.05, 0.1) is 17.1 Å². The summed E-state index contributed by atoms with van der Waals surface area (Å²) in [5, 5.41) is 2.91. The molecule has 1 unspecified atom stereocenters. The molecular weight excluding hydrogens is 542 g/mol. The lowest BCUT2D eigenvalue weighted by molar-refractivity contribution is -0.128. The first kappa shape index (κ1) is 28.6. The molecule has 0 aliphatic carbocycles. The minimum absolute atomic E-state index is 0.0437. The van der Waals surface area contributed by atoms with Gasteiger partial charge >= 0.3 is 0 Å². The number of carbonyl (C=O) groups is 2. The molecule has 5 rings (SSSR count). The second-order valence-electron chi connectivity index (χ2n) is 10.5. The fraction of sp³-hybridized carbons (Fsp3) is 0.355. The number of ether oxygens (including phenoxy) is 2. The second-order valence-corrected chi connectivity index (χ2v) is 12.4. The highest BCUT2D eigenvalue weighted by Crippen LogP contribution is 2.33. The Morgan fingerprint density at radius 2 is 1.63 bits per heavy atom. The molecule has 3 aromatic carbocycles. The van der Waals surface area contributed by atoms with Gasteiger partial charge in [0, 0.05) is 19.6 Å². The molecule has 2 amide bonds. The highest BCUT2D eigenvalue weighted by atomic mass is 32.2. The summed E-state index contributed by atoms with van der Waals surface area (Å²) in [6.45, 7) is 3.38. The lowest BCUT2D eigenvalue weighted by Gasteiger charge is -2.34. The Hall–Kier alpha value is -3.89. The van der Waals surface area contributed by atoms with E-state index in [1.807, 2.05) is 30.3 Å². The zero-order valence-electron chi connectivity index (χ0n) is 23.1. The maximum absolute atomic E-state index is 13.3. The monoisotopic (exact) mass is 577 g/mol. The van der Waals surface area contributed by atoms with Gasteiger partial charge in [-0.25, -0.2) is 8.42 Å². The Labute approximate surface area is 241 Å². The summed E-state index contributed by atoms with van der Waals surface area (Å²) in [5.74, 6) is 0.701. The number of anilines is 1. The molecule has 10 heteroatoms. The number of rotatable bonds is 9. The van der Waals surface area contributed by atoms with Crippen LogP contribution in [0.3, 0.4) is 0 Å². The van der Waals surface area contributed by atoms with Crippen molar-refractivity contribution in [2.45, 2.75) is 37.2 Å². The van der Waals surface area contributed by atoms with Gasteiger partial charge in [0.2, 0.25) is 10.0 Å². The maximum Gasteiger partial charge on any atom is 0.265 e. The van der Waals surface area contributed by atoms with Gasteiger partial charge in [0.15, 0.2) is 12.7 Å². The smallest absolute Gasteiger partial charge is 0.265 e. The summed E-state index contributed by atoms with van der Waals surface area (Å²) < 4.78 is 39.2. The SMILES string of the molecule is CC1CCN(S(=O)(=O)c2ccc(OCC(=O)N3CC(C(=O)NCCc4ccccc4)Oc4ccccc43)cc2)CC1. The van der Waals surface area contributed by atoms with E-state index < -0.39 is 16.1 Å². The number of piperidine rings is 1. The van der Waals surface area contributed by atoms with Gasteiger partial charge in [-0.3, -0.25) is 9.59 Å². The third-order valence-corrected chi connectivity index (χ3v) is 9.40. The summed E-state index contributed by atoms with van der Waals surface area (Å²) in [4.78, 5) is 27.9. The van der Waals surface area contributed by atoms with E-state index in [0.717, 1.165) is 18.4 Å². The molecule has 2 heterocycles. The van der Waals surface area contributed by atoms with Crippen LogP contribution in [0.4, 0.5) is 5.69 Å². The van der Waals surface area contributed by atoms with Gasteiger partial charge in [0.25, 0.3) is 11.8 Å². The molecule has 216 valence electrons. The molecule has 1 N–H and O–H groups in total. The predicted molar refractivity (Wildman–Crippen MR) is 155 cm³/mol. The average molecular weight is 578 g/mol. The fourth-order valence-corrected chi connectivity index (χ4v) is 6.47. The van der Waals surface area contributed by atoms with Crippen LogP contribution < -0.4 is 19.7 Å². The summed E-state index contributed by atoms with van der Waals surface area (Å²) in [6, 6.07) is 23.1. The maximum atomic E-state index is 13.3. The van der Waals surface area contributed by atoms with Gasteiger partial charge in [-0.1, -0.05) is 49.4 Å². The largest absolute Gasteiger partial charge is 0.484 e. The predicted octanol–water partition coefficient (Wildman–Crippen LogP) is 3.64. The molecule has 1 fully saturated rings. The van der Waals surface area contributed by atoms with Gasteiger partial charge in [-0.05, 0) is 67.1 Å². The first-order valence-electron chi connectivity index (χ1n) is 13.9. The number of carbonyl (C=O) groups excluding carboxylic acids is 2. The van der Waals surface area contributed by atoms with Crippen molar-refractivity contribution in [3.63, 3.8) is 0 Å². The van der Waals surface area contributed by atoms with Crippen molar-refractivity contribution >= 4 is 27.5 Å². The Kier molecular flexibility index (Phi) is 8.90. The quantitative estimate of drug-likeness (QED) is 0.417. The molecule has 0 spiro atoms. The summed E-state index contributed by atoms with van der Waals surface area (Å²) in [5.41, 5.74) is 1.68. The number of hydrogen-bond donors (Lipinski definition) is 1. The van der Waals surface area contributed by atoms with Gasteiger partial charge in [0.1, 0.15) is 11.5 Å². The summed E-state index contributed by atoms with van der Waals surface area (Å²) in [7, 11) is -3.57. The normalized spacial score (nSPS) is 17.8. The number of sulfonamides is 1. The first-order valence-corrected chi connectivity index (χ1v) is 15.4. The molecule has 0 aromatic heterocycles. The van der Waals surface area contributed by atoms with E-state index in [-0.39, 0.29) is 29.9 Å². The van der Waals surface area contributed by atoms with Crippen LogP contribution in [0.15, 0.2) is 83.8 Å². The molecule has 0 saturated carbocycles. The molecule has 0 bridgehead atoms. The zero-order chi connectivity index (χ0) is 28.8. The van der Waals surface area contributed by atoms with Gasteiger partial charge < -0.3 is 19.7 Å². The van der Waals surface area contributed by atoms with Crippen LogP contribution in [0, 0.1) is 5.92 Å². The van der Waals surface area contributed by atoms with Crippen LogP contribution >= 0.6 is 0 Å². The van der Waals surface area contributed by atoms with E-state index in [4.69, 9.17) is 9.47 Å². The summed E-state index contributed by atoms with van der Waals surface area (Å²) in [6.07, 6.45) is 1.52. The van der Waals surface area contributed by atoms with E-state index in [2.05, 4.69) is 12.2 Å². The number of amides is 2. The number of benzene rings is 3. The first-order chi connectivity index (χ1) is 19.8. The molecule has 0 radical (unpaired) electrons. The van der Waals surface area contributed by atoms with Crippen LogP contribution in [0.2, 0.25) is 0 Å². The Bertz CT molecular complexity index is 1450. The topological polar surface area (TPSA) is 105 Å². The number of fused-ring (bicyclic) bond motifs is 1. The van der Waals surface area contributed by atoms with Gasteiger partial charge in [-0.15, -0.1) is 0 Å². The minimum Gasteiger partial charge on any atom is -0.484 e. The molecule has 2 aliphatic heterocycles. The van der Waals surface area contributed by atoms with Crippen LogP contribution in [-0.4, -0.2) is 63.4 Å². The molecule has 3 aromatic rings. The Morgan fingerprint density at radius 3 is 2.37 bits per heavy atom. The third-order valence-electron chi connectivity index (χ3n) is 7.49. The highest BCUT2D eigenvalue weighted by molar-refractivity contribution is 7.89. The highest BCUT2D eigenvalue weighted by Gasteiger charge is 2.34. The van der Waals surface area contributed by atoms with Crippen LogP contribution in [0.5, 0.6) is 11.5 Å². The number of para-hydroxylation sites is 2. The van der Waals surface area contributed by atoms with E-state index in [1.165, 1.54) is 21.3 Å². The van der Waals surface area contributed by atoms with E-state index in [0.29, 0.717) is 49.2 Å². The molecule has 41 heavy (non-hydrogen) atoms. The van der Waals surface area contributed by atoms with E-state index >= 15 is 0 Å². The zero-order valence-corrected chi connectivity index (χ0v) is 23.9. The van der Waals surface area contributed by atoms with E-state index in [9.17, 15) is 18.0 Å². The van der Waals surface area contributed by atoms with Crippen molar-refractivity contribution in [2.24, 2.45) is 5.92 Å². The molecule has 2 aliphatic rings. The average Bonchev–Trinajstić information content (AvgIpc) is 3.00. The number of hydrogen-bond acceptors (Lipinski definition) is 6. The lowest BCUT2D eigenvalue weighted by atomic mass is 10.0. The van der Waals surface area contributed by atoms with Crippen molar-refractivity contribution in [1.82, 2.24) is 9.62 Å². The van der Waals surface area contributed by atoms with Crippen LogP contribution in [0.1, 0.15) is 25.3 Å². The van der Waals surface area contributed by atoms with Gasteiger partial charge in [-0.2, -0.15) is 4.31 Å². The molecule has 1 atom stereocenters. The van der Waals surface area contributed by atoms with Crippen molar-refractivity contribution in [3.8, 4) is 11.5 Å². The third kappa shape index (κ3) is 6.89. The molecular formula is C31H35N3O6S. The number of nitrogens with one attached hydrogen (secondary N) is 1. The standard InChI is InChI=1S/C31H35N3O6S/c1-23-16-19-33(20-17-23)41(37,38)26-13-11-25(12-14-26)39-22-30(35)34-21-29(40-28-10-6-5-9-27(28)34)31(36)32-18-15-24-7-3-2-4-8-24/h2-14,23,29H,15-22H2,1H3,(H,32,36). The second kappa shape index (κ2) is 12.7. The van der Waals surface area contributed by atoms with Crippen molar-refractivity contribution in [2.75, 3.05) is 37.7 Å². The fourth-order valence-electron chi connectivity index (χ4n) is 5.00. The lowest BCUT2D eigenvalue weighted by Crippen LogP contribution is -2.52. The minimum atomic E-state index is -3.57. The number of nitrogens with zero attached hydrogens (tertiary/aromatic N) is 2.